The Balaban J connectivity index is 1.29. The second-order valence-corrected chi connectivity index (χ2v) is 10.6. The Labute approximate surface area is 185 Å². The van der Waals surface area contributed by atoms with Crippen LogP contribution in [-0.4, -0.2) is 37.8 Å². The molecule has 2 N–H and O–H groups in total. The van der Waals surface area contributed by atoms with Gasteiger partial charge in [0.15, 0.2) is 0 Å². The van der Waals surface area contributed by atoms with Gasteiger partial charge in [-0.3, -0.25) is 4.79 Å². The van der Waals surface area contributed by atoms with Gasteiger partial charge in [-0.05, 0) is 49.4 Å². The number of anilines is 2. The van der Waals surface area contributed by atoms with Gasteiger partial charge in [-0.1, -0.05) is 49.2 Å². The van der Waals surface area contributed by atoms with Crippen molar-refractivity contribution in [3.8, 4) is 0 Å². The Hall–Kier alpha value is -2.38. The first-order valence-corrected chi connectivity index (χ1v) is 12.8. The number of carbonyl (C=O) groups is 1. The number of carbonyl (C=O) groups excluding carboxylic acids is 1. The molecule has 6 nitrogen and oxygen atoms in total. The molecule has 0 spiro atoms. The van der Waals surface area contributed by atoms with Crippen molar-refractivity contribution in [1.82, 2.24) is 4.31 Å². The summed E-state index contributed by atoms with van der Waals surface area (Å²) >= 11 is 0. The van der Waals surface area contributed by atoms with E-state index in [1.54, 1.807) is 0 Å². The van der Waals surface area contributed by atoms with Crippen molar-refractivity contribution in [2.75, 3.05) is 23.7 Å². The first-order valence-electron chi connectivity index (χ1n) is 11.2. The van der Waals surface area contributed by atoms with Gasteiger partial charge in [-0.15, -0.1) is 0 Å². The molecular formula is C24H31N3O3S. The van der Waals surface area contributed by atoms with E-state index in [2.05, 4.69) is 10.6 Å². The number of nitrogens with zero attached hydrogens (tertiary/aromatic N) is 1. The Morgan fingerprint density at radius 3 is 2.29 bits per heavy atom. The van der Waals surface area contributed by atoms with Gasteiger partial charge in [0, 0.05) is 36.4 Å². The van der Waals surface area contributed by atoms with Crippen molar-refractivity contribution in [3.05, 3.63) is 60.2 Å². The molecule has 2 aliphatic rings. The molecular weight excluding hydrogens is 410 g/mol. The number of sulfonamides is 1. The minimum Gasteiger partial charge on any atom is -0.382 e. The number of piperidine rings is 1. The summed E-state index contributed by atoms with van der Waals surface area (Å²) in [5.74, 6) is -0.196. The molecule has 1 amide bonds. The van der Waals surface area contributed by atoms with Gasteiger partial charge in [0.25, 0.3) is 0 Å². The van der Waals surface area contributed by atoms with Gasteiger partial charge in [0.2, 0.25) is 15.9 Å². The number of hydrogen-bond acceptors (Lipinski definition) is 4. The summed E-state index contributed by atoms with van der Waals surface area (Å²) in [7, 11) is -3.37. The van der Waals surface area contributed by atoms with Crippen molar-refractivity contribution in [3.63, 3.8) is 0 Å². The van der Waals surface area contributed by atoms with Crippen LogP contribution >= 0.6 is 0 Å². The van der Waals surface area contributed by atoms with Crippen molar-refractivity contribution in [1.29, 1.82) is 0 Å². The Morgan fingerprint density at radius 2 is 1.58 bits per heavy atom. The van der Waals surface area contributed by atoms with Crippen molar-refractivity contribution >= 4 is 27.3 Å². The van der Waals surface area contributed by atoms with E-state index in [4.69, 9.17) is 0 Å². The molecule has 1 aliphatic heterocycles. The van der Waals surface area contributed by atoms with E-state index in [9.17, 15) is 13.2 Å². The van der Waals surface area contributed by atoms with Crippen LogP contribution in [0, 0.1) is 5.92 Å². The normalized spacial score (nSPS) is 18.7. The highest BCUT2D eigenvalue weighted by Gasteiger charge is 2.31. The summed E-state index contributed by atoms with van der Waals surface area (Å²) in [6.07, 6.45) is 6.02. The van der Waals surface area contributed by atoms with E-state index in [0.717, 1.165) is 16.9 Å². The van der Waals surface area contributed by atoms with Crippen LogP contribution in [0.5, 0.6) is 0 Å². The molecule has 2 fully saturated rings. The molecule has 7 heteroatoms. The average Bonchev–Trinajstić information content (AvgIpc) is 3.27. The van der Waals surface area contributed by atoms with Crippen LogP contribution < -0.4 is 10.6 Å². The monoisotopic (exact) mass is 441 g/mol. The zero-order chi connectivity index (χ0) is 21.7. The fourth-order valence-electron chi connectivity index (χ4n) is 4.51. The standard InChI is InChI=1S/C24H31N3O3S/c28-24(26-23-12-6-11-22(17-23)25-21-9-4-5-10-21)20-13-15-27(16-14-20)31(29,30)18-19-7-2-1-3-8-19/h1-3,6-8,11-12,17,20-21,25H,4-5,9-10,13-16,18H2,(H,26,28). The molecule has 0 bridgehead atoms. The van der Waals surface area contributed by atoms with E-state index < -0.39 is 10.0 Å². The van der Waals surface area contributed by atoms with Crippen LogP contribution in [0.2, 0.25) is 0 Å². The van der Waals surface area contributed by atoms with Crippen LogP contribution in [0.15, 0.2) is 54.6 Å². The predicted octanol–water partition coefficient (Wildman–Crippen LogP) is 4.22. The lowest BCUT2D eigenvalue weighted by Crippen LogP contribution is -2.41. The van der Waals surface area contributed by atoms with Crippen LogP contribution in [0.3, 0.4) is 0 Å². The van der Waals surface area contributed by atoms with Gasteiger partial charge in [0.05, 0.1) is 5.75 Å². The molecule has 1 aliphatic carbocycles. The lowest BCUT2D eigenvalue weighted by molar-refractivity contribution is -0.120. The van der Waals surface area contributed by atoms with Gasteiger partial charge in [0.1, 0.15) is 0 Å². The zero-order valence-electron chi connectivity index (χ0n) is 17.8. The maximum Gasteiger partial charge on any atom is 0.227 e. The first kappa shape index (κ1) is 21.8. The van der Waals surface area contributed by atoms with Crippen LogP contribution in [0.25, 0.3) is 0 Å². The average molecular weight is 442 g/mol. The third-order valence-corrected chi connectivity index (χ3v) is 8.12. The Kier molecular flexibility index (Phi) is 6.92. The van der Waals surface area contributed by atoms with Gasteiger partial charge in [-0.2, -0.15) is 0 Å². The molecule has 4 rings (SSSR count). The summed E-state index contributed by atoms with van der Waals surface area (Å²) in [4.78, 5) is 12.8. The van der Waals surface area contributed by atoms with Gasteiger partial charge in [-0.25, -0.2) is 12.7 Å². The molecule has 166 valence electrons. The van der Waals surface area contributed by atoms with Gasteiger partial charge < -0.3 is 10.6 Å². The summed E-state index contributed by atoms with van der Waals surface area (Å²) in [6.45, 7) is 0.771. The Bertz CT molecular complexity index is 980. The van der Waals surface area contributed by atoms with Crippen LogP contribution in [0.4, 0.5) is 11.4 Å². The highest BCUT2D eigenvalue weighted by Crippen LogP contribution is 2.26. The van der Waals surface area contributed by atoms with E-state index >= 15 is 0 Å². The van der Waals surface area contributed by atoms with E-state index in [1.165, 1.54) is 30.0 Å². The molecule has 0 radical (unpaired) electrons. The second-order valence-electron chi connectivity index (χ2n) is 8.61. The fraction of sp³-hybridized carbons (Fsp3) is 0.458. The molecule has 0 atom stereocenters. The van der Waals surface area contributed by atoms with Crippen LogP contribution in [0.1, 0.15) is 44.1 Å². The van der Waals surface area contributed by atoms with Crippen molar-refractivity contribution < 1.29 is 13.2 Å². The topological polar surface area (TPSA) is 78.5 Å². The largest absolute Gasteiger partial charge is 0.382 e. The number of amides is 1. The second kappa shape index (κ2) is 9.83. The van der Waals surface area contributed by atoms with E-state index in [-0.39, 0.29) is 17.6 Å². The SMILES string of the molecule is O=C(Nc1cccc(NC2CCCC2)c1)C1CCN(S(=O)(=O)Cc2ccccc2)CC1. The minimum atomic E-state index is -3.37. The molecule has 1 saturated carbocycles. The lowest BCUT2D eigenvalue weighted by atomic mass is 9.97. The predicted molar refractivity (Wildman–Crippen MR) is 124 cm³/mol. The summed E-state index contributed by atoms with van der Waals surface area (Å²) in [5, 5.41) is 6.58. The number of benzene rings is 2. The highest BCUT2D eigenvalue weighted by atomic mass is 32.2. The highest BCUT2D eigenvalue weighted by molar-refractivity contribution is 7.88. The van der Waals surface area contributed by atoms with E-state index in [0.29, 0.717) is 32.0 Å². The minimum absolute atomic E-state index is 0.00545. The number of nitrogens with one attached hydrogen (secondary N) is 2. The summed E-state index contributed by atoms with van der Waals surface area (Å²) < 4.78 is 27.0. The van der Waals surface area contributed by atoms with E-state index in [1.807, 2.05) is 54.6 Å². The van der Waals surface area contributed by atoms with Crippen LogP contribution in [-0.2, 0) is 20.6 Å². The molecule has 2 aromatic rings. The fourth-order valence-corrected chi connectivity index (χ4v) is 6.07. The van der Waals surface area contributed by atoms with Crippen molar-refractivity contribution in [2.24, 2.45) is 5.92 Å². The third-order valence-electron chi connectivity index (χ3n) is 6.27. The molecule has 1 heterocycles. The number of rotatable bonds is 7. The maximum absolute atomic E-state index is 12.8. The quantitative estimate of drug-likeness (QED) is 0.674. The smallest absolute Gasteiger partial charge is 0.227 e. The molecule has 0 unspecified atom stereocenters. The molecule has 0 aromatic heterocycles. The summed E-state index contributed by atoms with van der Waals surface area (Å²) in [6, 6.07) is 17.6. The van der Waals surface area contributed by atoms with Gasteiger partial charge >= 0.3 is 0 Å². The molecule has 31 heavy (non-hydrogen) atoms. The lowest BCUT2D eigenvalue weighted by Gasteiger charge is -2.30. The van der Waals surface area contributed by atoms with Crippen molar-refractivity contribution in [2.45, 2.75) is 50.3 Å². The summed E-state index contributed by atoms with van der Waals surface area (Å²) in [5.41, 5.74) is 2.60. The molecule has 1 saturated heterocycles. The Morgan fingerprint density at radius 1 is 0.903 bits per heavy atom. The molecule has 2 aromatic carbocycles. The first-order chi connectivity index (χ1) is 15.0. The number of hydrogen-bond donors (Lipinski definition) is 2. The third kappa shape index (κ3) is 5.86. The maximum atomic E-state index is 12.8. The zero-order valence-corrected chi connectivity index (χ0v) is 18.6.